The van der Waals surface area contributed by atoms with Crippen LogP contribution in [0.15, 0.2) is 5.38 Å². The number of aryl methyl sites for hydroxylation is 2. The molecule has 1 aliphatic heterocycles. The first-order chi connectivity index (χ1) is 15.6. The average molecular weight is 482 g/mol. The lowest BCUT2D eigenvalue weighted by molar-refractivity contribution is -0.144. The minimum atomic E-state index is -4.65. The van der Waals surface area contributed by atoms with Crippen molar-refractivity contribution in [3.05, 3.63) is 33.8 Å². The van der Waals surface area contributed by atoms with Crippen molar-refractivity contribution in [2.24, 2.45) is 5.92 Å². The molecule has 0 aromatic carbocycles. The molecule has 3 aromatic heterocycles. The highest BCUT2D eigenvalue weighted by atomic mass is 32.1. The molecule has 3 aromatic rings. The Labute approximate surface area is 193 Å². The first-order valence-corrected chi connectivity index (χ1v) is 11.7. The molecule has 0 bridgehead atoms. The molecule has 12 heteroatoms. The van der Waals surface area contributed by atoms with Crippen LogP contribution in [0.2, 0.25) is 0 Å². The van der Waals surface area contributed by atoms with E-state index in [0.29, 0.717) is 34.4 Å². The Kier molecular flexibility index (Phi) is 6.66. The highest BCUT2D eigenvalue weighted by Gasteiger charge is 2.37. The fraction of sp³-hybridized carbons (Fsp3) is 0.571. The first kappa shape index (κ1) is 23.6. The van der Waals surface area contributed by atoms with Crippen molar-refractivity contribution in [1.82, 2.24) is 29.5 Å². The van der Waals surface area contributed by atoms with Gasteiger partial charge in [0.15, 0.2) is 5.13 Å². The minimum Gasteiger partial charge on any atom is -0.302 e. The molecule has 1 unspecified atom stereocenters. The molecule has 4 rings (SSSR count). The second-order valence-electron chi connectivity index (χ2n) is 8.58. The largest absolute Gasteiger partial charge is 0.453 e. The molecule has 0 spiro atoms. The van der Waals surface area contributed by atoms with E-state index in [2.05, 4.69) is 37.2 Å². The Balaban J connectivity index is 1.37. The summed E-state index contributed by atoms with van der Waals surface area (Å²) < 4.78 is 39.9. The second kappa shape index (κ2) is 9.34. The third-order valence-electron chi connectivity index (χ3n) is 5.83. The molecule has 0 radical (unpaired) electrons. The van der Waals surface area contributed by atoms with Gasteiger partial charge in [0.25, 0.3) is 11.6 Å². The summed E-state index contributed by atoms with van der Waals surface area (Å²) in [5.74, 6) is -0.861. The summed E-state index contributed by atoms with van der Waals surface area (Å²) in [5, 5.41) is 8.88. The number of piperidine rings is 1. The highest BCUT2D eigenvalue weighted by molar-refractivity contribution is 7.13. The Morgan fingerprint density at radius 2 is 2.06 bits per heavy atom. The van der Waals surface area contributed by atoms with Crippen LogP contribution in [0.1, 0.15) is 54.7 Å². The lowest BCUT2D eigenvalue weighted by Gasteiger charge is -2.30. The van der Waals surface area contributed by atoms with Crippen LogP contribution in [-0.4, -0.2) is 48.5 Å². The maximum Gasteiger partial charge on any atom is 0.453 e. The number of fused-ring (bicyclic) bond motifs is 1. The van der Waals surface area contributed by atoms with E-state index in [-0.39, 0.29) is 18.1 Å². The number of anilines is 1. The monoisotopic (exact) mass is 481 g/mol. The quantitative estimate of drug-likeness (QED) is 0.572. The van der Waals surface area contributed by atoms with Gasteiger partial charge in [-0.3, -0.25) is 9.69 Å². The van der Waals surface area contributed by atoms with Crippen molar-refractivity contribution in [1.29, 1.82) is 0 Å². The van der Waals surface area contributed by atoms with Crippen LogP contribution in [-0.2, 0) is 23.9 Å². The lowest BCUT2D eigenvalue weighted by atomic mass is 10.0. The van der Waals surface area contributed by atoms with Gasteiger partial charge in [0.1, 0.15) is 0 Å². The molecular weight excluding hydrogens is 455 g/mol. The molecule has 8 nitrogen and oxygen atoms in total. The summed E-state index contributed by atoms with van der Waals surface area (Å²) in [6, 6.07) is 0. The molecule has 1 saturated heterocycles. The number of amides is 1. The third kappa shape index (κ3) is 5.49. The Bertz CT molecular complexity index is 1160. The Morgan fingerprint density at radius 3 is 2.79 bits per heavy atom. The summed E-state index contributed by atoms with van der Waals surface area (Å²) in [7, 11) is 0. The van der Waals surface area contributed by atoms with Crippen molar-refractivity contribution in [3.8, 4) is 0 Å². The summed E-state index contributed by atoms with van der Waals surface area (Å²) in [4.78, 5) is 27.0. The number of nitrogens with one attached hydrogen (secondary N) is 1. The Morgan fingerprint density at radius 1 is 1.27 bits per heavy atom. The average Bonchev–Trinajstić information content (AvgIpc) is 3.34. The van der Waals surface area contributed by atoms with Gasteiger partial charge in [0, 0.05) is 36.3 Å². The van der Waals surface area contributed by atoms with Crippen LogP contribution < -0.4 is 5.32 Å². The van der Waals surface area contributed by atoms with Gasteiger partial charge in [0.2, 0.25) is 5.91 Å². The molecular formula is C21H26F3N7OS. The number of rotatable bonds is 6. The number of carbonyl (C=O) groups is 1. The van der Waals surface area contributed by atoms with Crippen LogP contribution >= 0.6 is 11.3 Å². The summed E-state index contributed by atoms with van der Waals surface area (Å²) >= 11 is 1.39. The van der Waals surface area contributed by atoms with Gasteiger partial charge in [-0.2, -0.15) is 18.2 Å². The molecule has 1 fully saturated rings. The third-order valence-corrected chi connectivity index (χ3v) is 6.64. The van der Waals surface area contributed by atoms with E-state index < -0.39 is 12.0 Å². The standard InChI is InChI=1S/C21H26F3N7OS/c1-12-5-4-8-30(9-12)10-15-11-33-20(26-15)27-17(32)7-6-16-13(2)25-19-28-18(21(22,23)24)29-31(19)14(16)3/h11-12H,4-10H2,1-3H3,(H,26,27,32). The SMILES string of the molecule is Cc1nc2nc(C(F)(F)F)nn2c(C)c1CCC(=O)Nc1nc(CN2CCCC(C)C2)cs1. The molecule has 178 valence electrons. The van der Waals surface area contributed by atoms with Gasteiger partial charge in [0.05, 0.1) is 5.69 Å². The van der Waals surface area contributed by atoms with Crippen LogP contribution in [0, 0.1) is 19.8 Å². The fourth-order valence-electron chi connectivity index (χ4n) is 4.21. The van der Waals surface area contributed by atoms with Gasteiger partial charge < -0.3 is 5.32 Å². The molecule has 1 atom stereocenters. The summed E-state index contributed by atoms with van der Waals surface area (Å²) in [6.45, 7) is 8.50. The maximum atomic E-state index is 12.9. The zero-order valence-corrected chi connectivity index (χ0v) is 19.6. The van der Waals surface area contributed by atoms with Gasteiger partial charge in [-0.25, -0.2) is 14.5 Å². The molecule has 33 heavy (non-hydrogen) atoms. The van der Waals surface area contributed by atoms with Crippen molar-refractivity contribution >= 4 is 28.2 Å². The second-order valence-corrected chi connectivity index (χ2v) is 9.44. The van der Waals surface area contributed by atoms with E-state index in [1.165, 1.54) is 24.2 Å². The zero-order chi connectivity index (χ0) is 23.8. The zero-order valence-electron chi connectivity index (χ0n) is 18.7. The van der Waals surface area contributed by atoms with Gasteiger partial charge in [-0.1, -0.05) is 6.92 Å². The Hall–Kier alpha value is -2.60. The van der Waals surface area contributed by atoms with Crippen molar-refractivity contribution in [2.75, 3.05) is 18.4 Å². The molecule has 1 amide bonds. The number of hydrogen-bond donors (Lipinski definition) is 1. The highest BCUT2D eigenvalue weighted by Crippen LogP contribution is 2.27. The lowest BCUT2D eigenvalue weighted by Crippen LogP contribution is -2.33. The molecule has 1 N–H and O–H groups in total. The number of thiazole rings is 1. The van der Waals surface area contributed by atoms with Gasteiger partial charge >= 0.3 is 6.18 Å². The topological polar surface area (TPSA) is 88.3 Å². The number of alkyl halides is 3. The number of nitrogens with zero attached hydrogens (tertiary/aromatic N) is 6. The number of aromatic nitrogens is 5. The number of carbonyl (C=O) groups excluding carboxylic acids is 1. The van der Waals surface area contributed by atoms with E-state index in [4.69, 9.17) is 0 Å². The fourth-order valence-corrected chi connectivity index (χ4v) is 4.92. The first-order valence-electron chi connectivity index (χ1n) is 10.9. The maximum absolute atomic E-state index is 12.9. The summed E-state index contributed by atoms with van der Waals surface area (Å²) in [5.41, 5.74) is 2.63. The van der Waals surface area contributed by atoms with Crippen molar-refractivity contribution in [3.63, 3.8) is 0 Å². The molecule has 0 saturated carbocycles. The minimum absolute atomic E-state index is 0.107. The van der Waals surface area contributed by atoms with Crippen molar-refractivity contribution in [2.45, 2.75) is 59.2 Å². The number of halogens is 3. The number of hydrogen-bond acceptors (Lipinski definition) is 7. The predicted octanol–water partition coefficient (Wildman–Crippen LogP) is 4.02. The van der Waals surface area contributed by atoms with Crippen LogP contribution in [0.4, 0.5) is 18.3 Å². The van der Waals surface area contributed by atoms with E-state index in [0.717, 1.165) is 29.8 Å². The van der Waals surface area contributed by atoms with E-state index >= 15 is 0 Å². The smallest absolute Gasteiger partial charge is 0.302 e. The predicted molar refractivity (Wildman–Crippen MR) is 118 cm³/mol. The van der Waals surface area contributed by atoms with Gasteiger partial charge in [-0.05, 0) is 51.1 Å². The van der Waals surface area contributed by atoms with Crippen LogP contribution in [0.3, 0.4) is 0 Å². The van der Waals surface area contributed by atoms with Crippen molar-refractivity contribution < 1.29 is 18.0 Å². The van der Waals surface area contributed by atoms with E-state index in [9.17, 15) is 18.0 Å². The van der Waals surface area contributed by atoms with E-state index in [1.54, 1.807) is 13.8 Å². The normalized spacial score (nSPS) is 17.6. The van der Waals surface area contributed by atoms with Crippen LogP contribution in [0.5, 0.6) is 0 Å². The van der Waals surface area contributed by atoms with Crippen LogP contribution in [0.25, 0.3) is 5.78 Å². The number of likely N-dealkylation sites (tertiary alicyclic amines) is 1. The van der Waals surface area contributed by atoms with Gasteiger partial charge in [-0.15, -0.1) is 16.4 Å². The van der Waals surface area contributed by atoms with E-state index in [1.807, 2.05) is 5.38 Å². The molecule has 1 aliphatic rings. The summed E-state index contributed by atoms with van der Waals surface area (Å²) in [6.07, 6.45) is -1.73. The molecule has 0 aliphatic carbocycles. The molecule has 4 heterocycles.